The largest absolute Gasteiger partial charge is 0.445 e. The molecule has 0 aliphatic heterocycles. The Bertz CT molecular complexity index is 1850. The first-order valence-corrected chi connectivity index (χ1v) is 14.1. The lowest BCUT2D eigenvalue weighted by molar-refractivity contribution is -0.125. The first-order chi connectivity index (χ1) is 22.3. The fourth-order valence-electron chi connectivity index (χ4n) is 4.62. The van der Waals surface area contributed by atoms with Crippen molar-refractivity contribution in [1.82, 2.24) is 31.3 Å². The van der Waals surface area contributed by atoms with Crippen molar-refractivity contribution in [2.75, 3.05) is 11.9 Å². The number of aliphatic hydroxyl groups excluding tert-OH is 2. The SMILES string of the molecule is O=C(N[C@@H](Cc1ccccc1)[C@H](O)C(=O)Nc1cccc(-c2nn[nH]n2)c1)c1cc(=O)cc(C(=O)N[C@H](CO)c2ccccc2)o1. The predicted octanol–water partition coefficient (Wildman–Crippen LogP) is 1.62. The van der Waals surface area contributed by atoms with Crippen LogP contribution < -0.4 is 21.4 Å². The lowest BCUT2D eigenvalue weighted by atomic mass is 10.00. The zero-order chi connectivity index (χ0) is 32.5. The first kappa shape index (κ1) is 31.4. The van der Waals surface area contributed by atoms with E-state index in [0.29, 0.717) is 28.2 Å². The highest BCUT2D eigenvalue weighted by Gasteiger charge is 2.30. The molecule has 0 saturated heterocycles. The van der Waals surface area contributed by atoms with Gasteiger partial charge in [0.1, 0.15) is 0 Å². The van der Waals surface area contributed by atoms with E-state index in [1.807, 2.05) is 0 Å². The quantitative estimate of drug-likeness (QED) is 0.118. The van der Waals surface area contributed by atoms with Crippen molar-refractivity contribution in [3.8, 4) is 11.4 Å². The molecule has 0 aliphatic rings. The number of hydrogen-bond acceptors (Lipinski definition) is 10. The molecule has 6 N–H and O–H groups in total. The van der Waals surface area contributed by atoms with Crippen molar-refractivity contribution in [3.63, 3.8) is 0 Å². The molecule has 3 aromatic carbocycles. The summed E-state index contributed by atoms with van der Waals surface area (Å²) in [5.41, 5.74) is 1.51. The van der Waals surface area contributed by atoms with Crippen LogP contribution in [0, 0.1) is 0 Å². The third kappa shape index (κ3) is 7.93. The normalized spacial score (nSPS) is 12.8. The lowest BCUT2D eigenvalue weighted by Crippen LogP contribution is -2.50. The molecule has 14 nitrogen and oxygen atoms in total. The number of tetrazole rings is 1. The topological polar surface area (TPSA) is 212 Å². The third-order valence-corrected chi connectivity index (χ3v) is 6.90. The van der Waals surface area contributed by atoms with Crippen molar-refractivity contribution in [3.05, 3.63) is 130 Å². The highest BCUT2D eigenvalue weighted by atomic mass is 16.4. The smallest absolute Gasteiger partial charge is 0.287 e. The monoisotopic (exact) mass is 623 g/mol. The fourth-order valence-corrected chi connectivity index (χ4v) is 4.62. The van der Waals surface area contributed by atoms with Crippen LogP contribution in [0.25, 0.3) is 11.4 Å². The molecular formula is C32H29N7O7. The second-order valence-corrected chi connectivity index (χ2v) is 10.2. The molecule has 0 radical (unpaired) electrons. The van der Waals surface area contributed by atoms with Crippen molar-refractivity contribution in [2.24, 2.45) is 0 Å². The van der Waals surface area contributed by atoms with E-state index in [2.05, 4.69) is 36.6 Å². The second-order valence-electron chi connectivity index (χ2n) is 10.2. The van der Waals surface area contributed by atoms with Crippen LogP contribution in [0.3, 0.4) is 0 Å². The van der Waals surface area contributed by atoms with Gasteiger partial charge in [-0.3, -0.25) is 19.2 Å². The molecule has 0 unspecified atom stereocenters. The molecular weight excluding hydrogens is 594 g/mol. The molecule has 3 amide bonds. The maximum atomic E-state index is 13.4. The number of carbonyl (C=O) groups excluding carboxylic acids is 3. The summed E-state index contributed by atoms with van der Waals surface area (Å²) in [6.45, 7) is -0.428. The van der Waals surface area contributed by atoms with Gasteiger partial charge in [-0.25, -0.2) is 0 Å². The van der Waals surface area contributed by atoms with E-state index < -0.39 is 59.5 Å². The van der Waals surface area contributed by atoms with Crippen LogP contribution in [0.2, 0.25) is 0 Å². The molecule has 234 valence electrons. The number of H-pyrrole nitrogens is 1. The lowest BCUT2D eigenvalue weighted by Gasteiger charge is -2.24. The highest BCUT2D eigenvalue weighted by molar-refractivity contribution is 5.97. The Kier molecular flexibility index (Phi) is 10.0. The summed E-state index contributed by atoms with van der Waals surface area (Å²) in [5, 5.41) is 42.4. The second kappa shape index (κ2) is 14.7. The molecule has 14 heteroatoms. The molecule has 0 fully saturated rings. The molecule has 0 aliphatic carbocycles. The van der Waals surface area contributed by atoms with E-state index in [0.717, 1.165) is 12.1 Å². The number of aliphatic hydroxyl groups is 2. The van der Waals surface area contributed by atoms with Gasteiger partial charge in [0.25, 0.3) is 17.7 Å². The van der Waals surface area contributed by atoms with Gasteiger partial charge in [-0.15, -0.1) is 10.2 Å². The van der Waals surface area contributed by atoms with Crippen molar-refractivity contribution in [2.45, 2.75) is 24.6 Å². The van der Waals surface area contributed by atoms with E-state index in [1.54, 1.807) is 84.9 Å². The molecule has 2 heterocycles. The summed E-state index contributed by atoms with van der Waals surface area (Å²) in [5.74, 6) is -3.28. The average Bonchev–Trinajstić information content (AvgIpc) is 3.62. The maximum Gasteiger partial charge on any atom is 0.287 e. The van der Waals surface area contributed by atoms with E-state index in [9.17, 15) is 29.4 Å². The number of anilines is 1. The Morgan fingerprint density at radius 2 is 1.52 bits per heavy atom. The fraction of sp³-hybridized carbons (Fsp3) is 0.156. The minimum absolute atomic E-state index is 0.0315. The van der Waals surface area contributed by atoms with E-state index in [4.69, 9.17) is 4.42 Å². The van der Waals surface area contributed by atoms with Crippen molar-refractivity contribution >= 4 is 23.4 Å². The molecule has 46 heavy (non-hydrogen) atoms. The number of aromatic nitrogens is 4. The number of amides is 3. The van der Waals surface area contributed by atoms with E-state index >= 15 is 0 Å². The number of aromatic amines is 1. The van der Waals surface area contributed by atoms with Crippen LogP contribution in [0.4, 0.5) is 5.69 Å². The Hall–Kier alpha value is -5.99. The molecule has 0 bridgehead atoms. The van der Waals surface area contributed by atoms with Crippen LogP contribution >= 0.6 is 0 Å². The summed E-state index contributed by atoms with van der Waals surface area (Å²) in [6.07, 6.45) is -1.73. The van der Waals surface area contributed by atoms with Gasteiger partial charge < -0.3 is 30.6 Å². The average molecular weight is 624 g/mol. The Balaban J connectivity index is 1.34. The van der Waals surface area contributed by atoms with Gasteiger partial charge in [0, 0.05) is 23.4 Å². The number of rotatable bonds is 12. The summed E-state index contributed by atoms with van der Waals surface area (Å²) >= 11 is 0. The number of carbonyl (C=O) groups is 3. The highest BCUT2D eigenvalue weighted by Crippen LogP contribution is 2.19. The van der Waals surface area contributed by atoms with Crippen molar-refractivity contribution in [1.29, 1.82) is 0 Å². The van der Waals surface area contributed by atoms with Crippen molar-refractivity contribution < 1.29 is 29.0 Å². The Morgan fingerprint density at radius 3 is 2.17 bits per heavy atom. The number of nitrogens with zero attached hydrogens (tertiary/aromatic N) is 3. The Labute approximate surface area is 261 Å². The van der Waals surface area contributed by atoms with Gasteiger partial charge in [0.05, 0.1) is 18.7 Å². The van der Waals surface area contributed by atoms with Gasteiger partial charge in [-0.05, 0) is 34.9 Å². The molecule has 3 atom stereocenters. The standard InChI is InChI=1S/C32H29N7O7/c40-18-25(20-10-5-2-6-11-20)35-31(44)27-17-23(41)16-26(46-27)30(43)34-24(14-19-8-3-1-4-9-19)28(42)32(45)33-22-13-7-12-21(15-22)29-36-38-39-37-29/h1-13,15-17,24-25,28,40,42H,14,18H2,(H,33,45)(H,34,43)(H,35,44)(H,36,37,38,39)/t24-,25+,28-/m0/s1. The van der Waals surface area contributed by atoms with E-state index in [1.165, 1.54) is 0 Å². The molecule has 5 rings (SSSR count). The Morgan fingerprint density at radius 1 is 0.848 bits per heavy atom. The summed E-state index contributed by atoms with van der Waals surface area (Å²) in [4.78, 5) is 52.0. The first-order valence-electron chi connectivity index (χ1n) is 14.1. The number of nitrogens with one attached hydrogen (secondary N) is 4. The van der Waals surface area contributed by atoms with Crippen LogP contribution in [0.15, 0.2) is 106 Å². The molecule has 2 aromatic heterocycles. The summed E-state index contributed by atoms with van der Waals surface area (Å²) in [6, 6.07) is 23.9. The van der Waals surface area contributed by atoms with E-state index in [-0.39, 0.29) is 6.42 Å². The van der Waals surface area contributed by atoms with Gasteiger partial charge in [0.2, 0.25) is 5.82 Å². The third-order valence-electron chi connectivity index (χ3n) is 6.90. The van der Waals surface area contributed by atoms with Gasteiger partial charge in [-0.1, -0.05) is 72.8 Å². The number of hydrogen-bond donors (Lipinski definition) is 6. The summed E-state index contributed by atoms with van der Waals surface area (Å²) in [7, 11) is 0. The van der Waals surface area contributed by atoms with Crippen LogP contribution in [0.1, 0.15) is 38.3 Å². The zero-order valence-electron chi connectivity index (χ0n) is 24.2. The minimum atomic E-state index is -1.76. The number of benzene rings is 3. The predicted molar refractivity (Wildman–Crippen MR) is 164 cm³/mol. The maximum absolute atomic E-state index is 13.4. The van der Waals surface area contributed by atoms with Crippen LogP contribution in [0.5, 0.6) is 0 Å². The van der Waals surface area contributed by atoms with Gasteiger partial charge in [-0.2, -0.15) is 5.21 Å². The summed E-state index contributed by atoms with van der Waals surface area (Å²) < 4.78 is 5.49. The van der Waals surface area contributed by atoms with Gasteiger partial charge >= 0.3 is 0 Å². The molecule has 0 spiro atoms. The molecule has 5 aromatic rings. The van der Waals surface area contributed by atoms with Gasteiger partial charge in [0.15, 0.2) is 23.1 Å². The molecule has 0 saturated carbocycles. The minimum Gasteiger partial charge on any atom is -0.445 e. The van der Waals surface area contributed by atoms with Crippen LogP contribution in [-0.4, -0.2) is 67.3 Å². The van der Waals surface area contributed by atoms with Crippen LogP contribution in [-0.2, 0) is 11.2 Å². The zero-order valence-corrected chi connectivity index (χ0v) is 24.2.